The van der Waals surface area contributed by atoms with Crippen molar-refractivity contribution in [3.8, 4) is 68.7 Å². The van der Waals surface area contributed by atoms with Crippen LogP contribution < -0.4 is 0 Å². The molecule has 0 aliphatic heterocycles. The molecule has 0 unspecified atom stereocenters. The highest BCUT2D eigenvalue weighted by molar-refractivity contribution is 6.11. The minimum Gasteiger partial charge on any atom is -0.309 e. The van der Waals surface area contributed by atoms with E-state index in [-0.39, 0.29) is 16.7 Å². The van der Waals surface area contributed by atoms with Gasteiger partial charge in [-0.3, -0.25) is 0 Å². The number of nitrogens with zero attached hydrogens (tertiary/aromatic N) is 6. The largest absolute Gasteiger partial charge is 0.309 e. The Morgan fingerprint density at radius 3 is 0.609 bits per heavy atom. The molecule has 3 heterocycles. The molecule has 3 aromatic heterocycles. The first-order valence-electron chi connectivity index (χ1n) is 22.9. The molecule has 0 N–H and O–H groups in total. The first-order chi connectivity index (χ1) is 34.1. The second kappa shape index (κ2) is 15.6. The van der Waals surface area contributed by atoms with E-state index in [9.17, 15) is 15.8 Å². The summed E-state index contributed by atoms with van der Waals surface area (Å²) in [7, 11) is 0. The van der Waals surface area contributed by atoms with Crippen LogP contribution in [0.15, 0.2) is 218 Å². The number of hydrogen-bond donors (Lipinski definition) is 0. The molecule has 0 amide bonds. The van der Waals surface area contributed by atoms with Crippen LogP contribution in [0.25, 0.3) is 116 Å². The smallest absolute Gasteiger partial charge is 0.101 e. The SMILES string of the molecule is N#Cc1c(-c2ccc(-n3c4ccccc4c4ccccc43)cc2)c(C#N)c(-c2ccc(-n3c4ccccc4c4ccccc43)cc2)c(C#N)c1-c1ccc(-n2c3ccccc3c3ccccc32)cc1. The molecular weight excluding hydrogens is 841 g/mol. The van der Waals surface area contributed by atoms with Gasteiger partial charge in [-0.05, 0) is 89.5 Å². The summed E-state index contributed by atoms with van der Waals surface area (Å²) in [4.78, 5) is 0. The van der Waals surface area contributed by atoms with Crippen molar-refractivity contribution < 1.29 is 0 Å². The number of benzene rings is 10. The van der Waals surface area contributed by atoms with Crippen LogP contribution in [-0.2, 0) is 0 Å². The number of para-hydroxylation sites is 6. The summed E-state index contributed by atoms with van der Waals surface area (Å²) in [6.07, 6.45) is 0. The summed E-state index contributed by atoms with van der Waals surface area (Å²) in [5.74, 6) is 0. The van der Waals surface area contributed by atoms with E-state index in [0.717, 1.165) is 82.5 Å². The first kappa shape index (κ1) is 39.4. The highest BCUT2D eigenvalue weighted by atomic mass is 15.0. The molecule has 13 aromatic rings. The van der Waals surface area contributed by atoms with Crippen LogP contribution in [-0.4, -0.2) is 13.7 Å². The molecule has 0 aliphatic carbocycles. The minimum atomic E-state index is 0.267. The molecule has 0 spiro atoms. The summed E-state index contributed by atoms with van der Waals surface area (Å²) in [5.41, 5.74) is 13.7. The molecule has 13 rings (SSSR count). The summed E-state index contributed by atoms with van der Waals surface area (Å²) in [5, 5.41) is 41.0. The van der Waals surface area contributed by atoms with Gasteiger partial charge in [-0.15, -0.1) is 0 Å². The van der Waals surface area contributed by atoms with Crippen molar-refractivity contribution in [3.63, 3.8) is 0 Å². The van der Waals surface area contributed by atoms with Crippen LogP contribution in [0, 0.1) is 34.0 Å². The molecule has 10 aromatic carbocycles. The topological polar surface area (TPSA) is 86.2 Å². The molecule has 0 saturated carbocycles. The fourth-order valence-electron chi connectivity index (χ4n) is 10.9. The second-order valence-corrected chi connectivity index (χ2v) is 17.3. The van der Waals surface area contributed by atoms with Crippen LogP contribution in [0.1, 0.15) is 16.7 Å². The fraction of sp³-hybridized carbons (Fsp3) is 0. The van der Waals surface area contributed by atoms with Crippen molar-refractivity contribution in [1.29, 1.82) is 15.8 Å². The van der Waals surface area contributed by atoms with E-state index in [1.807, 2.05) is 36.4 Å². The normalized spacial score (nSPS) is 11.4. The van der Waals surface area contributed by atoms with Gasteiger partial charge >= 0.3 is 0 Å². The van der Waals surface area contributed by atoms with Crippen LogP contribution >= 0.6 is 0 Å². The third-order valence-corrected chi connectivity index (χ3v) is 13.8. The summed E-state index contributed by atoms with van der Waals surface area (Å²) < 4.78 is 6.74. The number of rotatable bonds is 6. The zero-order valence-corrected chi connectivity index (χ0v) is 37.0. The fourth-order valence-corrected chi connectivity index (χ4v) is 10.9. The Balaban J connectivity index is 1.03. The van der Waals surface area contributed by atoms with Gasteiger partial charge in [0, 0.05) is 66.1 Å². The molecule has 0 bridgehead atoms. The number of aromatic nitrogens is 3. The standard InChI is InChI=1S/C63H36N6/c64-37-52-61(40-25-31-43(32-26-40)67-55-19-7-1-13-46(55)47-14-2-8-20-56(47)67)53(38-65)63(42-29-35-45(36-30-42)69-59-23-11-5-17-50(59)51-18-6-12-24-60(51)69)54(39-66)62(52)41-27-33-44(34-28-41)68-57-21-9-3-15-48(57)49-16-4-10-22-58(49)68/h1-36H. The van der Waals surface area contributed by atoms with Crippen molar-refractivity contribution in [3.05, 3.63) is 235 Å². The maximum atomic E-state index is 11.3. The Kier molecular flexibility index (Phi) is 8.92. The lowest BCUT2D eigenvalue weighted by atomic mass is 9.80. The van der Waals surface area contributed by atoms with Crippen LogP contribution in [0.2, 0.25) is 0 Å². The number of fused-ring (bicyclic) bond motifs is 9. The van der Waals surface area contributed by atoms with Crippen LogP contribution in [0.5, 0.6) is 0 Å². The van der Waals surface area contributed by atoms with Crippen molar-refractivity contribution in [2.45, 2.75) is 0 Å². The highest BCUT2D eigenvalue weighted by Crippen LogP contribution is 2.46. The second-order valence-electron chi connectivity index (χ2n) is 17.3. The molecule has 6 heteroatoms. The summed E-state index contributed by atoms with van der Waals surface area (Å²) >= 11 is 0. The maximum Gasteiger partial charge on any atom is 0.101 e. The lowest BCUT2D eigenvalue weighted by Crippen LogP contribution is -2.03. The quantitative estimate of drug-likeness (QED) is 0.167. The van der Waals surface area contributed by atoms with Crippen molar-refractivity contribution in [2.75, 3.05) is 0 Å². The summed E-state index contributed by atoms with van der Waals surface area (Å²) in [6, 6.07) is 82.1. The number of hydrogen-bond acceptors (Lipinski definition) is 3. The number of nitriles is 3. The van der Waals surface area contributed by atoms with Gasteiger partial charge in [0.2, 0.25) is 0 Å². The van der Waals surface area contributed by atoms with E-state index < -0.39 is 0 Å². The summed E-state index contributed by atoms with van der Waals surface area (Å²) in [6.45, 7) is 0. The lowest BCUT2D eigenvalue weighted by molar-refractivity contribution is 1.18. The predicted molar refractivity (Wildman–Crippen MR) is 280 cm³/mol. The van der Waals surface area contributed by atoms with E-state index in [4.69, 9.17) is 0 Å². The van der Waals surface area contributed by atoms with E-state index in [1.165, 1.54) is 0 Å². The van der Waals surface area contributed by atoms with Gasteiger partial charge in [0.05, 0.1) is 49.8 Å². The van der Waals surface area contributed by atoms with Gasteiger partial charge in [0.25, 0.3) is 0 Å². The third-order valence-electron chi connectivity index (χ3n) is 13.8. The van der Waals surface area contributed by atoms with E-state index in [0.29, 0.717) is 33.4 Å². The molecule has 0 aliphatic rings. The van der Waals surface area contributed by atoms with Gasteiger partial charge in [0.15, 0.2) is 0 Å². The van der Waals surface area contributed by atoms with Crippen molar-refractivity contribution in [2.24, 2.45) is 0 Å². The molecule has 6 nitrogen and oxygen atoms in total. The van der Waals surface area contributed by atoms with Crippen molar-refractivity contribution in [1.82, 2.24) is 13.7 Å². The van der Waals surface area contributed by atoms with Gasteiger partial charge in [0.1, 0.15) is 18.2 Å². The third kappa shape index (κ3) is 5.89. The molecule has 69 heavy (non-hydrogen) atoms. The molecular formula is C63H36N6. The monoisotopic (exact) mass is 876 g/mol. The Morgan fingerprint density at radius 1 is 0.232 bits per heavy atom. The molecule has 0 atom stereocenters. The van der Waals surface area contributed by atoms with Crippen LogP contribution in [0.3, 0.4) is 0 Å². The highest BCUT2D eigenvalue weighted by Gasteiger charge is 2.28. The Hall–Kier alpha value is -9.93. The van der Waals surface area contributed by atoms with E-state index in [1.54, 1.807) is 0 Å². The maximum absolute atomic E-state index is 11.3. The Labute approximate surface area is 396 Å². The zero-order chi connectivity index (χ0) is 46.2. The van der Waals surface area contributed by atoms with E-state index >= 15 is 0 Å². The molecule has 0 saturated heterocycles. The Bertz CT molecular complexity index is 3740. The molecule has 0 fully saturated rings. The molecule has 318 valence electrons. The van der Waals surface area contributed by atoms with Gasteiger partial charge in [-0.25, -0.2) is 0 Å². The lowest BCUT2D eigenvalue weighted by Gasteiger charge is -2.20. The van der Waals surface area contributed by atoms with Crippen LogP contribution in [0.4, 0.5) is 0 Å². The average molecular weight is 877 g/mol. The molecule has 0 radical (unpaired) electrons. The zero-order valence-electron chi connectivity index (χ0n) is 37.0. The van der Waals surface area contributed by atoms with Gasteiger partial charge in [-0.2, -0.15) is 15.8 Å². The average Bonchev–Trinajstić information content (AvgIpc) is 4.06. The Morgan fingerprint density at radius 2 is 0.420 bits per heavy atom. The van der Waals surface area contributed by atoms with E-state index in [2.05, 4.69) is 214 Å². The van der Waals surface area contributed by atoms with Gasteiger partial charge in [-0.1, -0.05) is 146 Å². The first-order valence-corrected chi connectivity index (χ1v) is 22.9. The van der Waals surface area contributed by atoms with Gasteiger partial charge < -0.3 is 13.7 Å². The minimum absolute atomic E-state index is 0.267. The van der Waals surface area contributed by atoms with Crippen molar-refractivity contribution >= 4 is 65.4 Å². The predicted octanol–water partition coefficient (Wildman–Crippen LogP) is 15.6.